The molecule has 2 rings (SSSR count). The monoisotopic (exact) mass is 247 g/mol. The number of amides is 2. The molecule has 0 spiro atoms. The first kappa shape index (κ1) is 12.3. The number of hydrogen-bond donors (Lipinski definition) is 0. The van der Waals surface area contributed by atoms with E-state index in [9.17, 15) is 14.4 Å². The second kappa shape index (κ2) is 4.60. The zero-order valence-electron chi connectivity index (χ0n) is 10.2. The number of fused-ring (bicyclic) bond motifs is 1. The van der Waals surface area contributed by atoms with Gasteiger partial charge in [0.15, 0.2) is 0 Å². The van der Waals surface area contributed by atoms with E-state index < -0.39 is 12.0 Å². The van der Waals surface area contributed by atoms with Gasteiger partial charge < -0.3 is 4.74 Å². The molecule has 1 aliphatic rings. The van der Waals surface area contributed by atoms with Crippen molar-refractivity contribution in [1.29, 1.82) is 0 Å². The summed E-state index contributed by atoms with van der Waals surface area (Å²) in [7, 11) is 1.28. The fourth-order valence-corrected chi connectivity index (χ4v) is 2.02. The van der Waals surface area contributed by atoms with Crippen molar-refractivity contribution in [2.75, 3.05) is 7.11 Å². The van der Waals surface area contributed by atoms with Crippen LogP contribution in [0.4, 0.5) is 0 Å². The molecule has 1 atom stereocenters. The van der Waals surface area contributed by atoms with Gasteiger partial charge >= 0.3 is 5.97 Å². The molecule has 1 heterocycles. The minimum absolute atomic E-state index is 0.00195. The highest BCUT2D eigenvalue weighted by atomic mass is 16.5. The molecule has 94 valence electrons. The highest BCUT2D eigenvalue weighted by Crippen LogP contribution is 2.25. The first-order chi connectivity index (χ1) is 8.56. The van der Waals surface area contributed by atoms with Crippen LogP contribution in [0, 0.1) is 0 Å². The number of benzene rings is 1. The van der Waals surface area contributed by atoms with Gasteiger partial charge in [-0.1, -0.05) is 12.1 Å². The van der Waals surface area contributed by atoms with Crippen molar-refractivity contribution >= 4 is 17.8 Å². The number of rotatable bonds is 3. The molecule has 0 saturated heterocycles. The fraction of sp³-hybridized carbons (Fsp3) is 0.308. The summed E-state index contributed by atoms with van der Waals surface area (Å²) < 4.78 is 4.54. The fourth-order valence-electron chi connectivity index (χ4n) is 2.02. The number of nitrogens with zero attached hydrogens (tertiary/aromatic N) is 1. The topological polar surface area (TPSA) is 63.7 Å². The van der Waals surface area contributed by atoms with Crippen molar-refractivity contribution in [3.05, 3.63) is 35.4 Å². The Hall–Kier alpha value is -2.17. The Labute approximate surface area is 104 Å². The van der Waals surface area contributed by atoms with Gasteiger partial charge in [0.1, 0.15) is 0 Å². The van der Waals surface area contributed by atoms with Crippen molar-refractivity contribution in [1.82, 2.24) is 4.90 Å². The van der Waals surface area contributed by atoms with Gasteiger partial charge in [-0.25, -0.2) is 0 Å². The van der Waals surface area contributed by atoms with Crippen LogP contribution in [0.1, 0.15) is 34.1 Å². The summed E-state index contributed by atoms with van der Waals surface area (Å²) in [4.78, 5) is 36.4. The lowest BCUT2D eigenvalue weighted by molar-refractivity contribution is -0.141. The van der Waals surface area contributed by atoms with E-state index in [2.05, 4.69) is 4.74 Å². The average Bonchev–Trinajstić information content (AvgIpc) is 2.62. The van der Waals surface area contributed by atoms with Gasteiger partial charge in [0.25, 0.3) is 11.8 Å². The van der Waals surface area contributed by atoms with Gasteiger partial charge in [-0.2, -0.15) is 0 Å². The number of esters is 1. The van der Waals surface area contributed by atoms with Gasteiger partial charge in [0.05, 0.1) is 24.7 Å². The lowest BCUT2D eigenvalue weighted by Crippen LogP contribution is -2.39. The van der Waals surface area contributed by atoms with E-state index >= 15 is 0 Å². The first-order valence-corrected chi connectivity index (χ1v) is 5.60. The van der Waals surface area contributed by atoms with Crippen LogP contribution in [0.3, 0.4) is 0 Å². The molecule has 0 fully saturated rings. The van der Waals surface area contributed by atoms with Crippen LogP contribution < -0.4 is 0 Å². The third-order valence-corrected chi connectivity index (χ3v) is 2.96. The Morgan fingerprint density at radius 3 is 2.17 bits per heavy atom. The van der Waals surface area contributed by atoms with Gasteiger partial charge in [0, 0.05) is 6.04 Å². The van der Waals surface area contributed by atoms with Crippen molar-refractivity contribution in [3.63, 3.8) is 0 Å². The molecule has 2 amide bonds. The van der Waals surface area contributed by atoms with E-state index in [4.69, 9.17) is 0 Å². The number of hydrogen-bond acceptors (Lipinski definition) is 4. The Bertz CT molecular complexity index is 488. The third-order valence-electron chi connectivity index (χ3n) is 2.96. The van der Waals surface area contributed by atoms with Gasteiger partial charge in [-0.05, 0) is 19.1 Å². The SMILES string of the molecule is COC(=O)C[C@@H](C)N1C(=O)c2ccccc2C1=O. The van der Waals surface area contributed by atoms with Crippen molar-refractivity contribution in [2.45, 2.75) is 19.4 Å². The third kappa shape index (κ3) is 1.88. The lowest BCUT2D eigenvalue weighted by atomic mass is 10.1. The van der Waals surface area contributed by atoms with E-state index in [1.807, 2.05) is 0 Å². The second-order valence-corrected chi connectivity index (χ2v) is 4.16. The quantitative estimate of drug-likeness (QED) is 0.595. The summed E-state index contributed by atoms with van der Waals surface area (Å²) in [5.74, 6) is -1.15. The predicted molar refractivity (Wildman–Crippen MR) is 63.0 cm³/mol. The molecule has 0 unspecified atom stereocenters. The van der Waals surface area contributed by atoms with Crippen molar-refractivity contribution < 1.29 is 19.1 Å². The second-order valence-electron chi connectivity index (χ2n) is 4.16. The Morgan fingerprint density at radius 1 is 1.22 bits per heavy atom. The van der Waals surface area contributed by atoms with E-state index in [-0.39, 0.29) is 18.2 Å². The number of methoxy groups -OCH3 is 1. The first-order valence-electron chi connectivity index (χ1n) is 5.60. The predicted octanol–water partition coefficient (Wildman–Crippen LogP) is 1.23. The minimum atomic E-state index is -0.509. The molecule has 5 heteroatoms. The highest BCUT2D eigenvalue weighted by molar-refractivity contribution is 6.21. The van der Waals surface area contributed by atoms with E-state index in [0.717, 1.165) is 4.90 Å². The van der Waals surface area contributed by atoms with Gasteiger partial charge in [-0.3, -0.25) is 19.3 Å². The standard InChI is InChI=1S/C13H13NO4/c1-8(7-11(15)18-2)14-12(16)9-5-3-4-6-10(9)13(14)17/h3-6,8H,7H2,1-2H3/t8-/m1/s1. The zero-order chi connectivity index (χ0) is 13.3. The molecule has 1 aromatic carbocycles. The highest BCUT2D eigenvalue weighted by Gasteiger charge is 2.38. The zero-order valence-corrected chi connectivity index (χ0v) is 10.2. The summed E-state index contributed by atoms with van der Waals surface area (Å²) in [6.45, 7) is 1.65. The van der Waals surface area contributed by atoms with Crippen LogP contribution in [0.5, 0.6) is 0 Å². The number of ether oxygens (including phenoxy) is 1. The smallest absolute Gasteiger partial charge is 0.307 e. The molecule has 0 N–H and O–H groups in total. The summed E-state index contributed by atoms with van der Waals surface area (Å²) in [5.41, 5.74) is 0.776. The summed E-state index contributed by atoms with van der Waals surface area (Å²) >= 11 is 0. The van der Waals surface area contributed by atoms with Gasteiger partial charge in [0.2, 0.25) is 0 Å². The van der Waals surface area contributed by atoms with Crippen LogP contribution in [0.25, 0.3) is 0 Å². The molecule has 0 aliphatic carbocycles. The van der Waals surface area contributed by atoms with E-state index in [1.54, 1.807) is 31.2 Å². The molecule has 0 bridgehead atoms. The van der Waals surface area contributed by atoms with Gasteiger partial charge in [-0.15, -0.1) is 0 Å². The van der Waals surface area contributed by atoms with Crippen LogP contribution in [-0.2, 0) is 9.53 Å². The maximum Gasteiger partial charge on any atom is 0.307 e. The van der Waals surface area contributed by atoms with Crippen LogP contribution in [-0.4, -0.2) is 35.8 Å². The largest absolute Gasteiger partial charge is 0.469 e. The molecule has 5 nitrogen and oxygen atoms in total. The Morgan fingerprint density at radius 2 is 1.72 bits per heavy atom. The van der Waals surface area contributed by atoms with E-state index in [0.29, 0.717) is 11.1 Å². The number of imide groups is 1. The van der Waals surface area contributed by atoms with Crippen LogP contribution in [0.2, 0.25) is 0 Å². The lowest BCUT2D eigenvalue weighted by Gasteiger charge is -2.21. The maximum absolute atomic E-state index is 12.1. The van der Waals surface area contributed by atoms with E-state index in [1.165, 1.54) is 7.11 Å². The molecule has 0 saturated carbocycles. The molecule has 0 aromatic heterocycles. The minimum Gasteiger partial charge on any atom is -0.469 e. The normalized spacial score (nSPS) is 15.6. The molecule has 1 aromatic rings. The van der Waals surface area contributed by atoms with Crippen LogP contribution in [0.15, 0.2) is 24.3 Å². The number of carbonyl (C=O) groups is 3. The summed E-state index contributed by atoms with van der Waals surface area (Å²) in [6.07, 6.45) is 0.00195. The summed E-state index contributed by atoms with van der Waals surface area (Å²) in [6, 6.07) is 6.13. The molecular weight excluding hydrogens is 234 g/mol. The Kier molecular flexibility index (Phi) is 3.14. The number of carbonyl (C=O) groups excluding carboxylic acids is 3. The van der Waals surface area contributed by atoms with Crippen molar-refractivity contribution in [3.8, 4) is 0 Å². The summed E-state index contributed by atoms with van der Waals surface area (Å²) in [5, 5.41) is 0. The molecule has 1 aliphatic heterocycles. The molecule has 0 radical (unpaired) electrons. The molecular formula is C13H13NO4. The maximum atomic E-state index is 12.1. The molecule has 18 heavy (non-hydrogen) atoms. The Balaban J connectivity index is 2.25. The average molecular weight is 247 g/mol. The van der Waals surface area contributed by atoms with Crippen molar-refractivity contribution in [2.24, 2.45) is 0 Å². The van der Waals surface area contributed by atoms with Crippen LogP contribution >= 0.6 is 0 Å².